The van der Waals surface area contributed by atoms with Crippen LogP contribution in [-0.4, -0.2) is 18.0 Å². The topological polar surface area (TPSA) is 3.24 Å². The molecule has 0 fully saturated rings. The van der Waals surface area contributed by atoms with Crippen LogP contribution in [0.4, 0.5) is 0 Å². The van der Waals surface area contributed by atoms with Crippen molar-refractivity contribution in [2.45, 2.75) is 143 Å². The lowest BCUT2D eigenvalue weighted by Gasteiger charge is -2.23. The number of nitrogens with zero attached hydrogens (tertiary/aromatic N) is 1. The second kappa shape index (κ2) is 21.0. The summed E-state index contributed by atoms with van der Waals surface area (Å²) in [6.45, 7) is 10.6. The van der Waals surface area contributed by atoms with Gasteiger partial charge in [0.25, 0.3) is 0 Å². The van der Waals surface area contributed by atoms with E-state index in [0.29, 0.717) is 0 Å². The van der Waals surface area contributed by atoms with E-state index in [4.69, 9.17) is 0 Å². The molecule has 1 aromatic carbocycles. The first-order valence-electron chi connectivity index (χ1n) is 14.0. The highest BCUT2D eigenvalue weighted by molar-refractivity contribution is 5.25. The minimum atomic E-state index is 1.14. The summed E-state index contributed by atoms with van der Waals surface area (Å²) < 4.78 is 0. The fourth-order valence-corrected chi connectivity index (χ4v) is 4.59. The highest BCUT2D eigenvalue weighted by Gasteiger charge is 2.08. The van der Waals surface area contributed by atoms with E-state index in [0.717, 1.165) is 6.54 Å². The predicted molar refractivity (Wildman–Crippen MR) is 141 cm³/mol. The molecule has 0 heterocycles. The summed E-state index contributed by atoms with van der Waals surface area (Å²) in [7, 11) is 0. The number of rotatable bonds is 22. The molecular formula is C30H55N. The van der Waals surface area contributed by atoms with Crippen molar-refractivity contribution in [3.63, 3.8) is 0 Å². The van der Waals surface area contributed by atoms with Gasteiger partial charge in [-0.15, -0.1) is 0 Å². The first-order chi connectivity index (χ1) is 15.3. The summed E-state index contributed by atoms with van der Waals surface area (Å²) in [6.07, 6.45) is 25.6. The van der Waals surface area contributed by atoms with Crippen molar-refractivity contribution < 1.29 is 0 Å². The van der Waals surface area contributed by atoms with Gasteiger partial charge in [0.15, 0.2) is 0 Å². The van der Waals surface area contributed by atoms with E-state index in [1.54, 1.807) is 0 Å². The maximum atomic E-state index is 2.74. The van der Waals surface area contributed by atoms with Crippen LogP contribution in [0.25, 0.3) is 0 Å². The fourth-order valence-electron chi connectivity index (χ4n) is 4.59. The summed E-state index contributed by atoms with van der Waals surface area (Å²) in [5, 5.41) is 0. The van der Waals surface area contributed by atoms with E-state index in [-0.39, 0.29) is 0 Å². The SMILES string of the molecule is CCCCCCCCCCCN(CCCCCCCCCCC)Cc1ccccc1C. The fraction of sp³-hybridized carbons (Fsp3) is 0.800. The van der Waals surface area contributed by atoms with Crippen molar-refractivity contribution in [3.8, 4) is 0 Å². The van der Waals surface area contributed by atoms with Gasteiger partial charge in [-0.3, -0.25) is 4.90 Å². The molecule has 1 nitrogen and oxygen atoms in total. The molecule has 0 bridgehead atoms. The number of unbranched alkanes of at least 4 members (excludes halogenated alkanes) is 16. The van der Waals surface area contributed by atoms with E-state index in [9.17, 15) is 0 Å². The van der Waals surface area contributed by atoms with Gasteiger partial charge >= 0.3 is 0 Å². The summed E-state index contributed by atoms with van der Waals surface area (Å²) in [4.78, 5) is 2.74. The van der Waals surface area contributed by atoms with Gasteiger partial charge in [-0.05, 0) is 44.0 Å². The van der Waals surface area contributed by atoms with Gasteiger partial charge in [0.2, 0.25) is 0 Å². The van der Waals surface area contributed by atoms with Gasteiger partial charge < -0.3 is 0 Å². The van der Waals surface area contributed by atoms with Gasteiger partial charge in [-0.25, -0.2) is 0 Å². The molecule has 0 amide bonds. The minimum Gasteiger partial charge on any atom is -0.299 e. The molecular weight excluding hydrogens is 374 g/mol. The normalized spacial score (nSPS) is 11.5. The van der Waals surface area contributed by atoms with Crippen molar-refractivity contribution >= 4 is 0 Å². The van der Waals surface area contributed by atoms with E-state index in [2.05, 4.69) is 49.9 Å². The third-order valence-corrected chi connectivity index (χ3v) is 6.81. The maximum Gasteiger partial charge on any atom is 0.0236 e. The van der Waals surface area contributed by atoms with E-state index >= 15 is 0 Å². The maximum absolute atomic E-state index is 2.74. The average molecular weight is 430 g/mol. The third-order valence-electron chi connectivity index (χ3n) is 6.81. The Hall–Kier alpha value is -0.820. The molecule has 0 spiro atoms. The summed E-state index contributed by atoms with van der Waals surface area (Å²) >= 11 is 0. The van der Waals surface area contributed by atoms with Crippen LogP contribution >= 0.6 is 0 Å². The van der Waals surface area contributed by atoms with Crippen molar-refractivity contribution in [2.75, 3.05) is 13.1 Å². The Balaban J connectivity index is 2.22. The van der Waals surface area contributed by atoms with Gasteiger partial charge in [-0.1, -0.05) is 141 Å². The van der Waals surface area contributed by atoms with Gasteiger partial charge in [0.1, 0.15) is 0 Å². The van der Waals surface area contributed by atoms with Crippen LogP contribution in [0.2, 0.25) is 0 Å². The molecule has 0 unspecified atom stereocenters. The van der Waals surface area contributed by atoms with Crippen LogP contribution in [0.3, 0.4) is 0 Å². The first-order valence-corrected chi connectivity index (χ1v) is 14.0. The Kier molecular flexibility index (Phi) is 19.2. The molecule has 0 saturated carbocycles. The standard InChI is InChI=1S/C30H55N/c1-4-6-8-10-12-14-16-18-22-26-31(28-30-25-21-20-24-29(30)3)27-23-19-17-15-13-11-9-7-5-2/h20-21,24-25H,4-19,22-23,26-28H2,1-3H3. The summed E-state index contributed by atoms with van der Waals surface area (Å²) in [5.41, 5.74) is 2.97. The molecule has 180 valence electrons. The minimum absolute atomic E-state index is 1.14. The molecule has 1 heteroatoms. The predicted octanol–water partition coefficient (Wildman–Crippen LogP) is 9.86. The molecule has 0 radical (unpaired) electrons. The van der Waals surface area contributed by atoms with E-state index < -0.39 is 0 Å². The molecule has 0 aromatic heterocycles. The van der Waals surface area contributed by atoms with Crippen LogP contribution in [0, 0.1) is 6.92 Å². The van der Waals surface area contributed by atoms with Gasteiger partial charge in [0, 0.05) is 6.54 Å². The molecule has 0 N–H and O–H groups in total. The third kappa shape index (κ3) is 16.5. The van der Waals surface area contributed by atoms with Crippen LogP contribution < -0.4 is 0 Å². The number of aryl methyl sites for hydroxylation is 1. The lowest BCUT2D eigenvalue weighted by atomic mass is 10.1. The lowest BCUT2D eigenvalue weighted by molar-refractivity contribution is 0.251. The Bertz CT molecular complexity index is 473. The Morgan fingerprint density at radius 1 is 0.516 bits per heavy atom. The van der Waals surface area contributed by atoms with Gasteiger partial charge in [0.05, 0.1) is 0 Å². The van der Waals surface area contributed by atoms with Crippen LogP contribution in [0.1, 0.15) is 141 Å². The molecule has 0 aliphatic rings. The second-order valence-electron chi connectivity index (χ2n) is 9.86. The quantitative estimate of drug-likeness (QED) is 0.166. The zero-order chi connectivity index (χ0) is 22.4. The second-order valence-corrected chi connectivity index (χ2v) is 9.86. The Morgan fingerprint density at radius 3 is 1.32 bits per heavy atom. The molecule has 1 rings (SSSR count). The number of hydrogen-bond donors (Lipinski definition) is 0. The molecule has 0 atom stereocenters. The van der Waals surface area contributed by atoms with Crippen LogP contribution in [0.15, 0.2) is 24.3 Å². The Morgan fingerprint density at radius 2 is 0.903 bits per heavy atom. The Labute approximate surface area is 196 Å². The number of benzene rings is 1. The molecule has 31 heavy (non-hydrogen) atoms. The highest BCUT2D eigenvalue weighted by atomic mass is 15.1. The van der Waals surface area contributed by atoms with Gasteiger partial charge in [-0.2, -0.15) is 0 Å². The van der Waals surface area contributed by atoms with Crippen LogP contribution in [0.5, 0.6) is 0 Å². The summed E-state index contributed by atoms with van der Waals surface area (Å²) in [6, 6.07) is 8.97. The van der Waals surface area contributed by atoms with Crippen LogP contribution in [-0.2, 0) is 6.54 Å². The monoisotopic (exact) mass is 429 g/mol. The average Bonchev–Trinajstić information content (AvgIpc) is 2.78. The lowest BCUT2D eigenvalue weighted by Crippen LogP contribution is -2.26. The van der Waals surface area contributed by atoms with Crippen molar-refractivity contribution in [1.82, 2.24) is 4.90 Å². The first kappa shape index (κ1) is 28.2. The number of hydrogen-bond acceptors (Lipinski definition) is 1. The largest absolute Gasteiger partial charge is 0.299 e. The zero-order valence-electron chi connectivity index (χ0n) is 21.6. The summed E-state index contributed by atoms with van der Waals surface area (Å²) in [5.74, 6) is 0. The molecule has 0 aliphatic heterocycles. The van der Waals surface area contributed by atoms with E-state index in [1.807, 2.05) is 0 Å². The zero-order valence-corrected chi connectivity index (χ0v) is 21.6. The molecule has 0 aliphatic carbocycles. The van der Waals surface area contributed by atoms with Crippen molar-refractivity contribution in [2.24, 2.45) is 0 Å². The van der Waals surface area contributed by atoms with Crippen molar-refractivity contribution in [3.05, 3.63) is 35.4 Å². The molecule has 0 saturated heterocycles. The smallest absolute Gasteiger partial charge is 0.0236 e. The highest BCUT2D eigenvalue weighted by Crippen LogP contribution is 2.15. The van der Waals surface area contributed by atoms with E-state index in [1.165, 1.54) is 140 Å². The molecule has 1 aromatic rings. The van der Waals surface area contributed by atoms with Crippen molar-refractivity contribution in [1.29, 1.82) is 0 Å².